The van der Waals surface area contributed by atoms with Crippen LogP contribution in [-0.4, -0.2) is 4.57 Å². The van der Waals surface area contributed by atoms with Crippen molar-refractivity contribution in [2.75, 3.05) is 0 Å². The molecular formula is C39H31N. The van der Waals surface area contributed by atoms with Gasteiger partial charge in [-0.15, -0.1) is 0 Å². The number of fused-ring (bicyclic) bond motifs is 6. The average molecular weight is 514 g/mol. The van der Waals surface area contributed by atoms with Gasteiger partial charge in [-0.2, -0.15) is 0 Å². The highest BCUT2D eigenvalue weighted by Crippen LogP contribution is 2.51. The molecule has 1 nitrogen and oxygen atoms in total. The van der Waals surface area contributed by atoms with Crippen LogP contribution in [0.4, 0.5) is 0 Å². The number of benzene rings is 5. The van der Waals surface area contributed by atoms with Crippen molar-refractivity contribution in [3.05, 3.63) is 144 Å². The summed E-state index contributed by atoms with van der Waals surface area (Å²) >= 11 is 0. The van der Waals surface area contributed by atoms with Crippen molar-refractivity contribution < 1.29 is 0 Å². The number of aromatic nitrogens is 1. The molecule has 0 unspecified atom stereocenters. The van der Waals surface area contributed by atoms with Crippen LogP contribution in [0.15, 0.2) is 127 Å². The van der Waals surface area contributed by atoms with Gasteiger partial charge in [0.05, 0.1) is 11.0 Å². The van der Waals surface area contributed by atoms with Crippen LogP contribution in [-0.2, 0) is 5.41 Å². The van der Waals surface area contributed by atoms with E-state index in [1.54, 1.807) is 0 Å². The van der Waals surface area contributed by atoms with Crippen LogP contribution >= 0.6 is 0 Å². The van der Waals surface area contributed by atoms with Gasteiger partial charge in [-0.3, -0.25) is 0 Å². The smallest absolute Gasteiger partial charge is 0.0544 e. The number of allylic oxidation sites excluding steroid dienone is 4. The second-order valence-electron chi connectivity index (χ2n) is 11.7. The van der Waals surface area contributed by atoms with Gasteiger partial charge >= 0.3 is 0 Å². The zero-order valence-electron chi connectivity index (χ0n) is 23.0. The van der Waals surface area contributed by atoms with Crippen molar-refractivity contribution in [1.29, 1.82) is 0 Å². The quantitative estimate of drug-likeness (QED) is 0.222. The summed E-state index contributed by atoms with van der Waals surface area (Å²) in [5.74, 6) is 0. The molecule has 0 saturated carbocycles. The number of para-hydroxylation sites is 1. The van der Waals surface area contributed by atoms with Crippen LogP contribution in [0.5, 0.6) is 0 Å². The van der Waals surface area contributed by atoms with E-state index >= 15 is 0 Å². The molecule has 2 aliphatic carbocycles. The lowest BCUT2D eigenvalue weighted by Gasteiger charge is -2.22. The van der Waals surface area contributed by atoms with E-state index in [2.05, 4.69) is 146 Å². The molecule has 0 saturated heterocycles. The third-order valence-electron chi connectivity index (χ3n) is 9.04. The third-order valence-corrected chi connectivity index (χ3v) is 9.04. The monoisotopic (exact) mass is 513 g/mol. The fraction of sp³-hybridized carbons (Fsp3) is 0.128. The molecule has 0 fully saturated rings. The summed E-state index contributed by atoms with van der Waals surface area (Å²) in [5, 5.41) is 2.61. The van der Waals surface area contributed by atoms with Crippen LogP contribution in [0.2, 0.25) is 0 Å². The van der Waals surface area contributed by atoms with Gasteiger partial charge in [-0.05, 0) is 93.8 Å². The van der Waals surface area contributed by atoms with E-state index in [4.69, 9.17) is 0 Å². The van der Waals surface area contributed by atoms with Crippen LogP contribution in [0.25, 0.3) is 55.3 Å². The zero-order valence-corrected chi connectivity index (χ0v) is 23.0. The van der Waals surface area contributed by atoms with Gasteiger partial charge in [0.15, 0.2) is 0 Å². The molecule has 192 valence electrons. The molecule has 1 aromatic heterocycles. The lowest BCUT2D eigenvalue weighted by atomic mass is 9.82. The fourth-order valence-electron chi connectivity index (χ4n) is 7.01. The molecule has 5 aromatic carbocycles. The topological polar surface area (TPSA) is 4.93 Å². The van der Waals surface area contributed by atoms with Crippen molar-refractivity contribution in [1.82, 2.24) is 4.57 Å². The van der Waals surface area contributed by atoms with Crippen molar-refractivity contribution in [2.45, 2.75) is 32.1 Å². The summed E-state index contributed by atoms with van der Waals surface area (Å²) in [7, 11) is 0. The summed E-state index contributed by atoms with van der Waals surface area (Å²) in [6.07, 6.45) is 8.92. The lowest BCUT2D eigenvalue weighted by molar-refractivity contribution is 0.661. The summed E-state index contributed by atoms with van der Waals surface area (Å²) < 4.78 is 2.50. The van der Waals surface area contributed by atoms with Crippen molar-refractivity contribution in [2.24, 2.45) is 0 Å². The average Bonchev–Trinajstić information content (AvgIpc) is 3.45. The molecule has 1 heterocycles. The van der Waals surface area contributed by atoms with E-state index in [1.165, 1.54) is 72.0 Å². The van der Waals surface area contributed by atoms with E-state index < -0.39 is 0 Å². The number of hydrogen-bond donors (Lipinski definition) is 0. The molecule has 0 atom stereocenters. The molecular weight excluding hydrogens is 482 g/mol. The first-order valence-corrected chi connectivity index (χ1v) is 14.3. The number of rotatable bonds is 3. The maximum atomic E-state index is 2.50. The molecule has 1 heteroatoms. The largest absolute Gasteiger partial charge is 0.309 e. The Kier molecular flexibility index (Phi) is 5.06. The Labute approximate surface area is 235 Å². The van der Waals surface area contributed by atoms with E-state index in [0.717, 1.165) is 12.8 Å². The predicted molar refractivity (Wildman–Crippen MR) is 170 cm³/mol. The molecule has 0 aliphatic heterocycles. The minimum atomic E-state index is -0.0440. The predicted octanol–water partition coefficient (Wildman–Crippen LogP) is 10.5. The molecule has 40 heavy (non-hydrogen) atoms. The van der Waals surface area contributed by atoms with E-state index in [0.29, 0.717) is 0 Å². The summed E-state index contributed by atoms with van der Waals surface area (Å²) in [6.45, 7) is 4.74. The molecule has 0 bridgehead atoms. The maximum Gasteiger partial charge on any atom is 0.0544 e. The first kappa shape index (κ1) is 23.3. The van der Waals surface area contributed by atoms with Crippen LogP contribution in [0.1, 0.15) is 43.4 Å². The van der Waals surface area contributed by atoms with Crippen LogP contribution in [0, 0.1) is 0 Å². The Balaban J connectivity index is 1.45. The Hall–Kier alpha value is -4.62. The van der Waals surface area contributed by atoms with E-state index in [1.807, 2.05) is 0 Å². The summed E-state index contributed by atoms with van der Waals surface area (Å²) in [6, 6.07) is 40.7. The Morgan fingerprint density at radius 3 is 2.23 bits per heavy atom. The first-order valence-electron chi connectivity index (χ1n) is 14.3. The highest BCUT2D eigenvalue weighted by Gasteiger charge is 2.36. The van der Waals surface area contributed by atoms with E-state index in [9.17, 15) is 0 Å². The van der Waals surface area contributed by atoms with Gasteiger partial charge in [0, 0.05) is 21.9 Å². The van der Waals surface area contributed by atoms with Crippen molar-refractivity contribution in [3.63, 3.8) is 0 Å². The van der Waals surface area contributed by atoms with E-state index in [-0.39, 0.29) is 5.41 Å². The molecule has 0 radical (unpaired) electrons. The lowest BCUT2D eigenvalue weighted by Crippen LogP contribution is -2.15. The fourth-order valence-corrected chi connectivity index (χ4v) is 7.01. The maximum absolute atomic E-state index is 2.50. The van der Waals surface area contributed by atoms with Crippen LogP contribution < -0.4 is 0 Å². The SMILES string of the molecule is CC1(C)c2ccccc2-c2cc3c4ccccc4n(-c4cc(C5=CC=CCC5)cc(-c5ccccc5)c4)c3cc21. The highest BCUT2D eigenvalue weighted by molar-refractivity contribution is 6.11. The minimum Gasteiger partial charge on any atom is -0.309 e. The van der Waals surface area contributed by atoms with Crippen molar-refractivity contribution in [3.8, 4) is 27.9 Å². The Morgan fingerprint density at radius 2 is 1.38 bits per heavy atom. The van der Waals surface area contributed by atoms with Gasteiger partial charge in [0.2, 0.25) is 0 Å². The van der Waals surface area contributed by atoms with Gasteiger partial charge in [0.25, 0.3) is 0 Å². The Morgan fingerprint density at radius 1 is 0.600 bits per heavy atom. The second kappa shape index (κ2) is 8.69. The van der Waals surface area contributed by atoms with Gasteiger partial charge < -0.3 is 4.57 Å². The number of hydrogen-bond acceptors (Lipinski definition) is 0. The Bertz CT molecular complexity index is 2010. The van der Waals surface area contributed by atoms with Gasteiger partial charge in [-0.25, -0.2) is 0 Å². The molecule has 2 aliphatic rings. The normalized spacial score (nSPS) is 15.3. The second-order valence-corrected chi connectivity index (χ2v) is 11.7. The minimum absolute atomic E-state index is 0.0440. The van der Waals surface area contributed by atoms with Gasteiger partial charge in [0.1, 0.15) is 0 Å². The standard InChI is InChI=1S/C39H31N/c1-39(2)35-19-11-9-17-31(35)33-24-34-32-18-10-12-20-37(32)40(38(34)25-36(33)39)30-22-28(26-13-5-3-6-14-26)21-29(23-30)27-15-7-4-8-16-27/h3-7,9-15,17-25H,8,16H2,1-2H3. The molecule has 0 N–H and O–H groups in total. The molecule has 0 spiro atoms. The summed E-state index contributed by atoms with van der Waals surface area (Å²) in [4.78, 5) is 0. The third kappa shape index (κ3) is 3.41. The summed E-state index contributed by atoms with van der Waals surface area (Å²) in [5.41, 5.74) is 14.5. The number of nitrogens with zero attached hydrogens (tertiary/aromatic N) is 1. The van der Waals surface area contributed by atoms with Gasteiger partial charge in [-0.1, -0.05) is 105 Å². The zero-order chi connectivity index (χ0) is 26.8. The highest BCUT2D eigenvalue weighted by atomic mass is 15.0. The molecule has 6 aromatic rings. The molecule has 0 amide bonds. The van der Waals surface area contributed by atoms with Crippen LogP contribution in [0.3, 0.4) is 0 Å². The first-order chi connectivity index (χ1) is 19.6. The van der Waals surface area contributed by atoms with Crippen molar-refractivity contribution >= 4 is 27.4 Å². The molecule has 8 rings (SSSR count).